The second kappa shape index (κ2) is 3.16. The monoisotopic (exact) mass is 257 g/mol. The van der Waals surface area contributed by atoms with Crippen molar-refractivity contribution in [3.8, 4) is 5.75 Å². The number of benzene rings is 1. The molecule has 0 spiro atoms. The van der Waals surface area contributed by atoms with Crippen molar-refractivity contribution in [2.75, 3.05) is 0 Å². The lowest BCUT2D eigenvalue weighted by atomic mass is 10.2. The largest absolute Gasteiger partial charge is 0.507 e. The van der Waals surface area contributed by atoms with E-state index in [4.69, 9.17) is 11.6 Å². The molecule has 0 aliphatic rings. The fourth-order valence-corrected chi connectivity index (χ4v) is 1.87. The van der Waals surface area contributed by atoms with Crippen molar-refractivity contribution >= 4 is 38.3 Å². The number of halogens is 2. The molecule has 1 aromatic carbocycles. The second-order valence-corrected chi connectivity index (χ2v) is 3.75. The van der Waals surface area contributed by atoms with Crippen molar-refractivity contribution in [3.05, 3.63) is 34.0 Å². The van der Waals surface area contributed by atoms with Gasteiger partial charge in [0.15, 0.2) is 0 Å². The minimum absolute atomic E-state index is 0.203. The van der Waals surface area contributed by atoms with Crippen molar-refractivity contribution in [2.24, 2.45) is 0 Å². The predicted octanol–water partition coefficient (Wildman–Crippen LogP) is 3.36. The average molecular weight is 259 g/mol. The van der Waals surface area contributed by atoms with E-state index in [2.05, 4.69) is 20.9 Å². The topological polar surface area (TPSA) is 33.1 Å². The third kappa shape index (κ3) is 1.38. The van der Waals surface area contributed by atoms with Gasteiger partial charge in [-0.25, -0.2) is 4.98 Å². The summed E-state index contributed by atoms with van der Waals surface area (Å²) in [6, 6.07) is 5.12. The first-order valence-corrected chi connectivity index (χ1v) is 4.79. The summed E-state index contributed by atoms with van der Waals surface area (Å²) in [5.41, 5.74) is 0. The number of hydrogen-bond donors (Lipinski definition) is 1. The molecule has 2 aromatic rings. The van der Waals surface area contributed by atoms with E-state index >= 15 is 0 Å². The number of nitrogens with zero attached hydrogens (tertiary/aromatic N) is 1. The molecule has 0 unspecified atom stereocenters. The second-order valence-electron chi connectivity index (χ2n) is 2.60. The van der Waals surface area contributed by atoms with Gasteiger partial charge in [0.05, 0.1) is 4.47 Å². The van der Waals surface area contributed by atoms with E-state index in [1.54, 1.807) is 24.4 Å². The third-order valence-electron chi connectivity index (χ3n) is 1.81. The van der Waals surface area contributed by atoms with Crippen molar-refractivity contribution in [3.63, 3.8) is 0 Å². The van der Waals surface area contributed by atoms with Crippen LogP contribution in [-0.2, 0) is 0 Å². The number of hydrogen-bond acceptors (Lipinski definition) is 2. The molecule has 4 heteroatoms. The molecule has 1 heterocycles. The minimum atomic E-state index is 0.203. The van der Waals surface area contributed by atoms with Gasteiger partial charge in [-0.15, -0.1) is 0 Å². The highest BCUT2D eigenvalue weighted by Gasteiger charge is 2.05. The summed E-state index contributed by atoms with van der Waals surface area (Å²) in [4.78, 5) is 3.94. The summed E-state index contributed by atoms with van der Waals surface area (Å²) < 4.78 is 0.648. The smallest absolute Gasteiger partial charge is 0.136 e. The molecule has 2 nitrogen and oxygen atoms in total. The summed E-state index contributed by atoms with van der Waals surface area (Å²) in [5.74, 6) is 0.203. The normalized spacial score (nSPS) is 10.6. The summed E-state index contributed by atoms with van der Waals surface area (Å²) in [5, 5.41) is 11.5. The maximum atomic E-state index is 9.40. The van der Waals surface area contributed by atoms with Gasteiger partial charge in [-0.2, -0.15) is 0 Å². The molecule has 0 aliphatic heterocycles. The highest BCUT2D eigenvalue weighted by Crippen LogP contribution is 2.34. The van der Waals surface area contributed by atoms with Gasteiger partial charge in [0.2, 0.25) is 0 Å². The van der Waals surface area contributed by atoms with Crippen molar-refractivity contribution < 1.29 is 5.11 Å². The van der Waals surface area contributed by atoms with E-state index in [9.17, 15) is 5.11 Å². The molecule has 2 rings (SSSR count). The summed E-state index contributed by atoms with van der Waals surface area (Å²) in [6.45, 7) is 0. The zero-order chi connectivity index (χ0) is 9.42. The minimum Gasteiger partial charge on any atom is -0.507 e. The van der Waals surface area contributed by atoms with Crippen LogP contribution in [-0.4, -0.2) is 10.1 Å². The van der Waals surface area contributed by atoms with E-state index < -0.39 is 0 Å². The van der Waals surface area contributed by atoms with Crippen LogP contribution < -0.4 is 0 Å². The number of fused-ring (bicyclic) bond motifs is 1. The van der Waals surface area contributed by atoms with Gasteiger partial charge >= 0.3 is 0 Å². The molecule has 0 saturated carbocycles. The summed E-state index contributed by atoms with van der Waals surface area (Å²) in [6.07, 6.45) is 1.61. The maximum absolute atomic E-state index is 9.40. The molecule has 0 radical (unpaired) electrons. The molecule has 1 aromatic heterocycles. The van der Waals surface area contributed by atoms with Crippen molar-refractivity contribution in [1.29, 1.82) is 0 Å². The molecular weight excluding hydrogens is 253 g/mol. The molecule has 66 valence electrons. The van der Waals surface area contributed by atoms with Crippen LogP contribution in [0.3, 0.4) is 0 Å². The van der Waals surface area contributed by atoms with Gasteiger partial charge in [-0.1, -0.05) is 11.6 Å². The Hall–Kier alpha value is -0.800. The van der Waals surface area contributed by atoms with E-state index in [-0.39, 0.29) is 5.75 Å². The standard InChI is InChI=1S/C9H5BrClNO/c10-8-5-3-4-12-9(11)6(5)1-2-7(8)13/h1-4,13H. The molecular formula is C9H5BrClNO. The molecule has 0 saturated heterocycles. The first-order valence-electron chi connectivity index (χ1n) is 3.62. The van der Waals surface area contributed by atoms with Crippen LogP contribution in [0, 0.1) is 0 Å². The number of aromatic nitrogens is 1. The average Bonchev–Trinajstić information content (AvgIpc) is 2.12. The lowest BCUT2D eigenvalue weighted by Crippen LogP contribution is -1.80. The van der Waals surface area contributed by atoms with Crippen molar-refractivity contribution in [1.82, 2.24) is 4.98 Å². The highest BCUT2D eigenvalue weighted by molar-refractivity contribution is 9.10. The number of phenolic OH excluding ortho intramolecular Hbond substituents is 1. The number of rotatable bonds is 0. The molecule has 0 aliphatic carbocycles. The Morgan fingerprint density at radius 2 is 2.00 bits per heavy atom. The Labute approximate surface area is 88.3 Å². The Morgan fingerprint density at radius 3 is 2.77 bits per heavy atom. The lowest BCUT2D eigenvalue weighted by Gasteiger charge is -2.03. The Bertz CT molecular complexity index is 472. The third-order valence-corrected chi connectivity index (χ3v) is 2.95. The quantitative estimate of drug-likeness (QED) is 0.735. The SMILES string of the molecule is Oc1ccc2c(Cl)nccc2c1Br. The molecule has 0 fully saturated rings. The summed E-state index contributed by atoms with van der Waals surface area (Å²) in [7, 11) is 0. The van der Waals surface area contributed by atoms with Crippen LogP contribution in [0.4, 0.5) is 0 Å². The van der Waals surface area contributed by atoms with Gasteiger partial charge in [-0.3, -0.25) is 0 Å². The zero-order valence-corrected chi connectivity index (χ0v) is 8.80. The van der Waals surface area contributed by atoms with Crippen LogP contribution in [0.2, 0.25) is 5.15 Å². The predicted molar refractivity (Wildman–Crippen MR) is 56.1 cm³/mol. The molecule has 0 atom stereocenters. The van der Waals surface area contributed by atoms with Gasteiger partial charge < -0.3 is 5.11 Å². The van der Waals surface area contributed by atoms with E-state index in [1.165, 1.54) is 0 Å². The maximum Gasteiger partial charge on any atom is 0.136 e. The van der Waals surface area contributed by atoms with Crippen LogP contribution in [0.25, 0.3) is 10.8 Å². The Balaban J connectivity index is 2.94. The van der Waals surface area contributed by atoms with Crippen LogP contribution in [0.1, 0.15) is 0 Å². The van der Waals surface area contributed by atoms with Gasteiger partial charge in [-0.05, 0) is 34.1 Å². The zero-order valence-electron chi connectivity index (χ0n) is 6.46. The molecule has 1 N–H and O–H groups in total. The Morgan fingerprint density at radius 1 is 1.23 bits per heavy atom. The number of pyridine rings is 1. The van der Waals surface area contributed by atoms with Crippen LogP contribution >= 0.6 is 27.5 Å². The van der Waals surface area contributed by atoms with Crippen LogP contribution in [0.15, 0.2) is 28.9 Å². The molecule has 0 bridgehead atoms. The van der Waals surface area contributed by atoms with Crippen molar-refractivity contribution in [2.45, 2.75) is 0 Å². The first kappa shape index (κ1) is 8.78. The summed E-state index contributed by atoms with van der Waals surface area (Å²) >= 11 is 9.15. The fourth-order valence-electron chi connectivity index (χ4n) is 1.17. The van der Waals surface area contributed by atoms with Gasteiger partial charge in [0.1, 0.15) is 10.9 Å². The fraction of sp³-hybridized carbons (Fsp3) is 0. The first-order chi connectivity index (χ1) is 6.20. The molecule has 0 amide bonds. The highest BCUT2D eigenvalue weighted by atomic mass is 79.9. The molecule has 13 heavy (non-hydrogen) atoms. The number of aromatic hydroxyl groups is 1. The van der Waals surface area contributed by atoms with Crippen LogP contribution in [0.5, 0.6) is 5.75 Å². The van der Waals surface area contributed by atoms with Gasteiger partial charge in [0.25, 0.3) is 0 Å². The Kier molecular flexibility index (Phi) is 2.14. The lowest BCUT2D eigenvalue weighted by molar-refractivity contribution is 0.473. The van der Waals surface area contributed by atoms with Gasteiger partial charge in [0, 0.05) is 17.0 Å². The van der Waals surface area contributed by atoms with E-state index in [0.717, 1.165) is 10.8 Å². The van der Waals surface area contributed by atoms with E-state index in [1.807, 2.05) is 0 Å². The van der Waals surface area contributed by atoms with E-state index in [0.29, 0.717) is 9.63 Å². The number of phenols is 1.